The molecule has 0 amide bonds. The van der Waals surface area contributed by atoms with E-state index in [1.807, 2.05) is 25.9 Å². The average Bonchev–Trinajstić information content (AvgIpc) is 2.66. The van der Waals surface area contributed by atoms with Crippen molar-refractivity contribution in [1.29, 1.82) is 0 Å². The van der Waals surface area contributed by atoms with E-state index in [2.05, 4.69) is 15.0 Å². The number of aryl methyl sites for hydroxylation is 1. The van der Waals surface area contributed by atoms with E-state index in [0.29, 0.717) is 11.0 Å². The van der Waals surface area contributed by atoms with Crippen LogP contribution in [0.4, 0.5) is 5.69 Å². The lowest BCUT2D eigenvalue weighted by Crippen LogP contribution is -2.42. The summed E-state index contributed by atoms with van der Waals surface area (Å²) >= 11 is 0. The molecule has 11 nitrogen and oxygen atoms in total. The van der Waals surface area contributed by atoms with Crippen LogP contribution in [-0.2, 0) is 6.54 Å². The molecule has 0 aliphatic carbocycles. The third kappa shape index (κ3) is 3.85. The monoisotopic (exact) mass is 405 g/mol. The molecule has 2 heterocycles. The van der Waals surface area contributed by atoms with Crippen LogP contribution in [0.25, 0.3) is 22.6 Å². The largest absolute Gasteiger partial charge is 0.394 e. The maximum atomic E-state index is 12.3. The van der Waals surface area contributed by atoms with Gasteiger partial charge in [-0.1, -0.05) is 0 Å². The molecular formula is C18H23N5O6. The standard InChI is InChI=1S/C18H23N5O6/c1-8-4-9-11(5-10(8)22(2)3)23(6-12(25)15(27)13(26)7-24)16-14(19-9)17(28)21-18(29)20-16/h4-5,12-13,15,24-27H,6-7H2,1-3H3,(H,21,28,29)/t12-,13-,15-/m1/s1. The molecule has 29 heavy (non-hydrogen) atoms. The Labute approximate surface area is 164 Å². The lowest BCUT2D eigenvalue weighted by atomic mass is 10.1. The smallest absolute Gasteiger partial charge is 0.349 e. The molecule has 0 fully saturated rings. The molecular weight excluding hydrogens is 382 g/mol. The van der Waals surface area contributed by atoms with Gasteiger partial charge in [-0.25, -0.2) is 9.78 Å². The third-order valence-electron chi connectivity index (χ3n) is 4.75. The van der Waals surface area contributed by atoms with Crippen molar-refractivity contribution in [3.05, 3.63) is 38.5 Å². The molecule has 3 rings (SSSR count). The van der Waals surface area contributed by atoms with Crippen molar-refractivity contribution in [2.75, 3.05) is 25.6 Å². The Kier molecular flexibility index (Phi) is 5.66. The zero-order valence-corrected chi connectivity index (χ0v) is 16.2. The molecule has 0 spiro atoms. The highest BCUT2D eigenvalue weighted by atomic mass is 16.4. The normalized spacial score (nSPS) is 14.9. The van der Waals surface area contributed by atoms with Gasteiger partial charge in [-0.2, -0.15) is 4.98 Å². The minimum Gasteiger partial charge on any atom is -0.394 e. The molecule has 0 bridgehead atoms. The fraction of sp³-hybridized carbons (Fsp3) is 0.444. The number of H-pyrrole nitrogens is 1. The first kappa shape index (κ1) is 20.9. The molecule has 3 atom stereocenters. The van der Waals surface area contributed by atoms with Crippen LogP contribution in [0, 0.1) is 6.92 Å². The summed E-state index contributed by atoms with van der Waals surface area (Å²) in [5, 5.41) is 39.1. The van der Waals surface area contributed by atoms with Gasteiger partial charge in [0.2, 0.25) is 0 Å². The van der Waals surface area contributed by atoms with Crippen LogP contribution in [-0.4, -0.2) is 79.0 Å². The first-order valence-corrected chi connectivity index (χ1v) is 8.91. The second-order valence-corrected chi connectivity index (χ2v) is 7.10. The quantitative estimate of drug-likeness (QED) is 0.293. The molecule has 2 aliphatic rings. The van der Waals surface area contributed by atoms with Crippen LogP contribution in [0.2, 0.25) is 0 Å². The molecule has 0 radical (unpaired) electrons. The van der Waals surface area contributed by atoms with Gasteiger partial charge >= 0.3 is 5.69 Å². The van der Waals surface area contributed by atoms with E-state index in [-0.39, 0.29) is 18.1 Å². The van der Waals surface area contributed by atoms with Crippen molar-refractivity contribution >= 4 is 16.7 Å². The summed E-state index contributed by atoms with van der Waals surface area (Å²) in [6.07, 6.45) is -4.73. The minimum atomic E-state index is -1.65. The van der Waals surface area contributed by atoms with Crippen LogP contribution in [0.5, 0.6) is 0 Å². The molecule has 0 saturated carbocycles. The van der Waals surface area contributed by atoms with E-state index in [1.54, 1.807) is 12.1 Å². The van der Waals surface area contributed by atoms with E-state index < -0.39 is 36.2 Å². The molecule has 0 saturated heterocycles. The van der Waals surface area contributed by atoms with Crippen LogP contribution in [0.3, 0.4) is 0 Å². The van der Waals surface area contributed by atoms with Crippen LogP contribution >= 0.6 is 0 Å². The highest BCUT2D eigenvalue weighted by Crippen LogP contribution is 2.28. The number of benzene rings is 1. The molecule has 11 heteroatoms. The third-order valence-corrected chi connectivity index (χ3v) is 4.75. The Bertz CT molecular complexity index is 1120. The van der Waals surface area contributed by atoms with Crippen LogP contribution in [0.15, 0.2) is 21.7 Å². The van der Waals surface area contributed by atoms with Gasteiger partial charge in [0.15, 0.2) is 11.5 Å². The predicted octanol–water partition coefficient (Wildman–Crippen LogP) is -1.97. The number of aliphatic hydroxyl groups excluding tert-OH is 4. The number of aliphatic hydroxyl groups is 4. The lowest BCUT2D eigenvalue weighted by Gasteiger charge is -2.25. The van der Waals surface area contributed by atoms with Crippen molar-refractivity contribution in [1.82, 2.24) is 19.5 Å². The minimum absolute atomic E-state index is 0.0652. The van der Waals surface area contributed by atoms with Crippen molar-refractivity contribution in [3.63, 3.8) is 0 Å². The second-order valence-electron chi connectivity index (χ2n) is 7.10. The zero-order chi connectivity index (χ0) is 21.5. The van der Waals surface area contributed by atoms with Crippen molar-refractivity contribution < 1.29 is 20.4 Å². The first-order valence-electron chi connectivity index (χ1n) is 8.91. The molecule has 1 aromatic rings. The number of nitrogens with zero attached hydrogens (tertiary/aromatic N) is 4. The van der Waals surface area contributed by atoms with E-state index in [0.717, 1.165) is 11.3 Å². The Morgan fingerprint density at radius 3 is 2.45 bits per heavy atom. The maximum Gasteiger partial charge on any atom is 0.349 e. The van der Waals surface area contributed by atoms with Crippen molar-refractivity contribution in [2.45, 2.75) is 31.8 Å². The number of anilines is 1. The summed E-state index contributed by atoms with van der Waals surface area (Å²) < 4.78 is 1.40. The van der Waals surface area contributed by atoms with E-state index in [4.69, 9.17) is 5.11 Å². The van der Waals surface area contributed by atoms with Crippen molar-refractivity contribution in [3.8, 4) is 11.5 Å². The Balaban J connectivity index is 2.31. The topological polar surface area (TPSA) is 165 Å². The summed E-state index contributed by atoms with van der Waals surface area (Å²) in [7, 11) is 3.70. The number of fused-ring (bicyclic) bond motifs is 2. The molecule has 1 aromatic carbocycles. The number of aromatic amines is 1. The Hall–Kier alpha value is -2.86. The number of hydrogen-bond donors (Lipinski definition) is 5. The number of nitrogens with one attached hydrogen (secondary N) is 1. The molecule has 2 aliphatic heterocycles. The Morgan fingerprint density at radius 2 is 1.83 bits per heavy atom. The Morgan fingerprint density at radius 1 is 1.14 bits per heavy atom. The molecule has 0 unspecified atom stereocenters. The lowest BCUT2D eigenvalue weighted by molar-refractivity contribution is -0.0802. The number of rotatable bonds is 6. The maximum absolute atomic E-state index is 12.3. The number of hydrogen-bond acceptors (Lipinski definition) is 9. The summed E-state index contributed by atoms with van der Waals surface area (Å²) in [5.41, 5.74) is 0.925. The van der Waals surface area contributed by atoms with Crippen molar-refractivity contribution in [2.24, 2.45) is 0 Å². The highest BCUT2D eigenvalue weighted by Gasteiger charge is 2.27. The fourth-order valence-electron chi connectivity index (χ4n) is 3.26. The fourth-order valence-corrected chi connectivity index (χ4v) is 3.26. The average molecular weight is 405 g/mol. The van der Waals surface area contributed by atoms with E-state index in [1.165, 1.54) is 4.57 Å². The molecule has 0 aromatic heterocycles. The molecule has 5 N–H and O–H groups in total. The van der Waals surface area contributed by atoms with E-state index in [9.17, 15) is 24.9 Å². The summed E-state index contributed by atoms with van der Waals surface area (Å²) in [6, 6.07) is 3.53. The van der Waals surface area contributed by atoms with Gasteiger partial charge in [0.1, 0.15) is 18.3 Å². The van der Waals surface area contributed by atoms with Gasteiger partial charge < -0.3 is 29.9 Å². The predicted molar refractivity (Wildman–Crippen MR) is 105 cm³/mol. The van der Waals surface area contributed by atoms with Gasteiger partial charge in [-0.3, -0.25) is 9.78 Å². The highest BCUT2D eigenvalue weighted by molar-refractivity contribution is 5.84. The summed E-state index contributed by atoms with van der Waals surface area (Å²) in [5.74, 6) is -0.0652. The van der Waals surface area contributed by atoms with Gasteiger partial charge in [0.05, 0.1) is 24.2 Å². The van der Waals surface area contributed by atoms with Gasteiger partial charge in [-0.15, -0.1) is 0 Å². The molecule has 156 valence electrons. The van der Waals surface area contributed by atoms with Gasteiger partial charge in [0.25, 0.3) is 5.56 Å². The van der Waals surface area contributed by atoms with Crippen LogP contribution < -0.4 is 16.1 Å². The zero-order valence-electron chi connectivity index (χ0n) is 16.2. The van der Waals surface area contributed by atoms with Crippen LogP contribution in [0.1, 0.15) is 5.56 Å². The van der Waals surface area contributed by atoms with E-state index >= 15 is 0 Å². The van der Waals surface area contributed by atoms with Gasteiger partial charge in [0, 0.05) is 19.8 Å². The second kappa shape index (κ2) is 7.87. The first-order chi connectivity index (χ1) is 13.6. The van der Waals surface area contributed by atoms with Gasteiger partial charge in [-0.05, 0) is 24.6 Å². The summed E-state index contributed by atoms with van der Waals surface area (Å²) in [6.45, 7) is 0.831. The SMILES string of the molecule is Cc1cc2nc3c(=O)[nH]c(=O)nc-3n(C[C@@H](O)[C@@H](O)[C@H](O)CO)c2cc1N(C)C. The summed E-state index contributed by atoms with van der Waals surface area (Å²) in [4.78, 5) is 36.1. The number of aromatic nitrogens is 4.